The van der Waals surface area contributed by atoms with E-state index >= 15 is 0 Å². The van der Waals surface area contributed by atoms with Crippen LogP contribution >= 0.6 is 11.3 Å². The van der Waals surface area contributed by atoms with E-state index in [1.807, 2.05) is 24.4 Å². The van der Waals surface area contributed by atoms with Crippen LogP contribution in [-0.2, 0) is 0 Å². The summed E-state index contributed by atoms with van der Waals surface area (Å²) in [4.78, 5) is 10.8. The third-order valence-corrected chi connectivity index (χ3v) is 3.39. The van der Waals surface area contributed by atoms with E-state index in [0.717, 1.165) is 22.1 Å². The van der Waals surface area contributed by atoms with Crippen LogP contribution in [0.5, 0.6) is 5.75 Å². The van der Waals surface area contributed by atoms with Crippen LogP contribution in [0.1, 0.15) is 15.9 Å². The van der Waals surface area contributed by atoms with E-state index in [0.29, 0.717) is 5.56 Å². The van der Waals surface area contributed by atoms with Gasteiger partial charge in [0.1, 0.15) is 5.75 Å². The molecule has 1 aromatic heterocycles. The molecule has 0 aliphatic rings. The molecule has 1 aromatic carbocycles. The van der Waals surface area contributed by atoms with E-state index in [-0.39, 0.29) is 0 Å². The van der Waals surface area contributed by atoms with Gasteiger partial charge in [-0.1, -0.05) is 6.07 Å². The van der Waals surface area contributed by atoms with Crippen LogP contribution in [0.25, 0.3) is 10.1 Å². The first-order valence-corrected chi connectivity index (χ1v) is 5.16. The van der Waals surface area contributed by atoms with Gasteiger partial charge in [0.2, 0.25) is 0 Å². The van der Waals surface area contributed by atoms with Crippen molar-refractivity contribution in [1.82, 2.24) is 0 Å². The Kier molecular flexibility index (Phi) is 2.25. The molecule has 0 radical (unpaired) electrons. The lowest BCUT2D eigenvalue weighted by atomic mass is 10.1. The molecule has 0 saturated heterocycles. The van der Waals surface area contributed by atoms with Crippen molar-refractivity contribution in [3.63, 3.8) is 0 Å². The van der Waals surface area contributed by atoms with Gasteiger partial charge in [0.05, 0.1) is 7.11 Å². The van der Waals surface area contributed by atoms with Crippen LogP contribution in [-0.4, -0.2) is 13.4 Å². The molecule has 2 aromatic rings. The number of methoxy groups -OCH3 is 1. The zero-order chi connectivity index (χ0) is 10.1. The van der Waals surface area contributed by atoms with Crippen molar-refractivity contribution in [2.75, 3.05) is 7.11 Å². The molecule has 3 heteroatoms. The number of thiophene rings is 1. The average Bonchev–Trinajstić information content (AvgIpc) is 2.63. The highest BCUT2D eigenvalue weighted by Crippen LogP contribution is 2.35. The second-order valence-electron chi connectivity index (χ2n) is 3.10. The van der Waals surface area contributed by atoms with E-state index in [1.54, 1.807) is 18.4 Å². The minimum absolute atomic E-state index is 0.713. The quantitative estimate of drug-likeness (QED) is 0.706. The van der Waals surface area contributed by atoms with Crippen LogP contribution in [0.15, 0.2) is 17.5 Å². The summed E-state index contributed by atoms with van der Waals surface area (Å²) in [6.45, 7) is 2.03. The van der Waals surface area contributed by atoms with Crippen molar-refractivity contribution < 1.29 is 9.53 Å². The number of aryl methyl sites for hydroxylation is 1. The summed E-state index contributed by atoms with van der Waals surface area (Å²) in [5.74, 6) is 0.772. The first kappa shape index (κ1) is 9.21. The minimum atomic E-state index is 0.713. The van der Waals surface area contributed by atoms with Crippen LogP contribution in [0, 0.1) is 6.92 Å². The smallest absolute Gasteiger partial charge is 0.151 e. The number of carbonyl (C=O) groups is 1. The molecule has 0 saturated carbocycles. The first-order chi connectivity index (χ1) is 6.77. The van der Waals surface area contributed by atoms with Crippen molar-refractivity contribution in [3.05, 3.63) is 28.6 Å². The Bertz CT molecular complexity index is 485. The van der Waals surface area contributed by atoms with E-state index < -0.39 is 0 Å². The summed E-state index contributed by atoms with van der Waals surface area (Å²) < 4.78 is 6.36. The highest BCUT2D eigenvalue weighted by molar-refractivity contribution is 7.17. The fourth-order valence-electron chi connectivity index (χ4n) is 1.53. The van der Waals surface area contributed by atoms with Crippen LogP contribution in [0.3, 0.4) is 0 Å². The van der Waals surface area contributed by atoms with E-state index in [9.17, 15) is 4.79 Å². The molecule has 14 heavy (non-hydrogen) atoms. The molecule has 0 amide bonds. The average molecular weight is 206 g/mol. The Labute approximate surface area is 86.1 Å². The van der Waals surface area contributed by atoms with Gasteiger partial charge in [0.15, 0.2) is 6.29 Å². The van der Waals surface area contributed by atoms with Gasteiger partial charge in [0.25, 0.3) is 0 Å². The van der Waals surface area contributed by atoms with E-state index in [1.165, 1.54) is 5.56 Å². The number of carbonyl (C=O) groups excluding carboxylic acids is 1. The van der Waals surface area contributed by atoms with E-state index in [2.05, 4.69) is 0 Å². The molecule has 0 atom stereocenters. The van der Waals surface area contributed by atoms with Crippen molar-refractivity contribution in [2.45, 2.75) is 6.92 Å². The van der Waals surface area contributed by atoms with Crippen molar-refractivity contribution in [3.8, 4) is 5.75 Å². The number of aldehydes is 1. The van der Waals surface area contributed by atoms with Crippen LogP contribution in [0.4, 0.5) is 0 Å². The molecule has 0 aliphatic carbocycles. The third-order valence-electron chi connectivity index (χ3n) is 2.26. The molecule has 2 nitrogen and oxygen atoms in total. The third kappa shape index (κ3) is 1.21. The fourth-order valence-corrected chi connectivity index (χ4v) is 2.54. The lowest BCUT2D eigenvalue weighted by Crippen LogP contribution is -1.86. The van der Waals surface area contributed by atoms with Gasteiger partial charge in [-0.05, 0) is 18.6 Å². The Morgan fingerprint density at radius 1 is 1.43 bits per heavy atom. The molecule has 0 N–H and O–H groups in total. The van der Waals surface area contributed by atoms with Gasteiger partial charge in [-0.2, -0.15) is 0 Å². The predicted octanol–water partition coefficient (Wildman–Crippen LogP) is 3.03. The summed E-state index contributed by atoms with van der Waals surface area (Å²) in [5, 5.41) is 2.81. The zero-order valence-corrected chi connectivity index (χ0v) is 8.85. The molecular weight excluding hydrogens is 196 g/mol. The highest BCUT2D eigenvalue weighted by Gasteiger charge is 2.10. The van der Waals surface area contributed by atoms with Gasteiger partial charge < -0.3 is 4.74 Å². The second kappa shape index (κ2) is 3.42. The maximum atomic E-state index is 10.8. The van der Waals surface area contributed by atoms with Gasteiger partial charge in [-0.15, -0.1) is 11.3 Å². The molecule has 0 spiro atoms. The standard InChI is InChI=1S/C11H10O2S/c1-7-3-4-9(13-2)10-8(5-12)6-14-11(7)10/h3-6H,1-2H3. The van der Waals surface area contributed by atoms with Crippen LogP contribution in [0.2, 0.25) is 0 Å². The topological polar surface area (TPSA) is 26.3 Å². The Hall–Kier alpha value is -1.35. The fraction of sp³-hybridized carbons (Fsp3) is 0.182. The maximum absolute atomic E-state index is 10.8. The first-order valence-electron chi connectivity index (χ1n) is 4.28. The number of hydrogen-bond acceptors (Lipinski definition) is 3. The number of ether oxygens (including phenoxy) is 1. The highest BCUT2D eigenvalue weighted by atomic mass is 32.1. The number of hydrogen-bond donors (Lipinski definition) is 0. The molecule has 0 fully saturated rings. The summed E-state index contributed by atoms with van der Waals surface area (Å²) >= 11 is 1.58. The number of benzene rings is 1. The predicted molar refractivity (Wildman–Crippen MR) is 58.5 cm³/mol. The Morgan fingerprint density at radius 2 is 2.21 bits per heavy atom. The molecule has 2 rings (SSSR count). The summed E-state index contributed by atoms with van der Waals surface area (Å²) in [6, 6.07) is 3.91. The molecule has 0 aliphatic heterocycles. The summed E-state index contributed by atoms with van der Waals surface area (Å²) in [5.41, 5.74) is 1.89. The molecule has 1 heterocycles. The molecule has 0 unspecified atom stereocenters. The maximum Gasteiger partial charge on any atom is 0.151 e. The second-order valence-corrected chi connectivity index (χ2v) is 3.98. The number of fused-ring (bicyclic) bond motifs is 1. The summed E-state index contributed by atoms with van der Waals surface area (Å²) in [7, 11) is 1.62. The normalized spacial score (nSPS) is 10.4. The van der Waals surface area contributed by atoms with E-state index in [4.69, 9.17) is 4.74 Å². The summed E-state index contributed by atoms with van der Waals surface area (Å²) in [6.07, 6.45) is 0.876. The molecule has 0 bridgehead atoms. The monoisotopic (exact) mass is 206 g/mol. The Balaban J connectivity index is 2.88. The van der Waals surface area contributed by atoms with Crippen molar-refractivity contribution in [2.24, 2.45) is 0 Å². The van der Waals surface area contributed by atoms with Gasteiger partial charge in [-0.3, -0.25) is 4.79 Å². The van der Waals surface area contributed by atoms with Gasteiger partial charge in [0, 0.05) is 21.0 Å². The zero-order valence-electron chi connectivity index (χ0n) is 8.03. The lowest BCUT2D eigenvalue weighted by Gasteiger charge is -2.03. The van der Waals surface area contributed by atoms with Crippen molar-refractivity contribution >= 4 is 27.7 Å². The van der Waals surface area contributed by atoms with Gasteiger partial charge in [-0.25, -0.2) is 0 Å². The van der Waals surface area contributed by atoms with Gasteiger partial charge >= 0.3 is 0 Å². The lowest BCUT2D eigenvalue weighted by molar-refractivity contribution is 0.112. The largest absolute Gasteiger partial charge is 0.496 e. The Morgan fingerprint density at radius 3 is 2.86 bits per heavy atom. The molecule has 72 valence electrons. The van der Waals surface area contributed by atoms with Crippen molar-refractivity contribution in [1.29, 1.82) is 0 Å². The van der Waals surface area contributed by atoms with Crippen LogP contribution < -0.4 is 4.74 Å². The minimum Gasteiger partial charge on any atom is -0.496 e. The molecular formula is C11H10O2S. The number of rotatable bonds is 2. The SMILES string of the molecule is COc1ccc(C)c2scc(C=O)c12.